The Bertz CT molecular complexity index is 500. The molecule has 17 heavy (non-hydrogen) atoms. The second-order valence-corrected chi connectivity index (χ2v) is 5.17. The fraction of sp³-hybridized carbons (Fsp3) is 0.143. The van der Waals surface area contributed by atoms with Gasteiger partial charge in [0.1, 0.15) is 9.52 Å². The van der Waals surface area contributed by atoms with Gasteiger partial charge in [-0.05, 0) is 37.2 Å². The average molecular weight is 238 g/mol. The van der Waals surface area contributed by atoms with Crippen LogP contribution in [0.2, 0.25) is 0 Å². The van der Waals surface area contributed by atoms with Crippen LogP contribution in [0.4, 0.5) is 0 Å². The molecule has 0 aliphatic rings. The number of allylic oxidation sites excluding steroid dienone is 1. The lowest BCUT2D eigenvalue weighted by atomic mass is 10.2. The van der Waals surface area contributed by atoms with Gasteiger partial charge in [-0.1, -0.05) is 23.4 Å². The third-order valence-electron chi connectivity index (χ3n) is 2.22. The summed E-state index contributed by atoms with van der Waals surface area (Å²) < 4.78 is 0. The van der Waals surface area contributed by atoms with Gasteiger partial charge in [0.25, 0.3) is 0 Å². The molecular weight excluding hydrogens is 224 g/mol. The van der Waals surface area contributed by atoms with Crippen LogP contribution in [0.3, 0.4) is 0 Å². The number of aromatic nitrogens is 2. The minimum absolute atomic E-state index is 0.694. The predicted octanol–water partition coefficient (Wildman–Crippen LogP) is 2.40. The predicted molar refractivity (Wildman–Crippen MR) is 72.3 cm³/mol. The molecule has 84 valence electrons. The zero-order valence-electron chi connectivity index (χ0n) is 10.0. The molecule has 2 aromatic rings. The number of pyridine rings is 2. The highest BCUT2D eigenvalue weighted by Gasteiger charge is 1.99. The summed E-state index contributed by atoms with van der Waals surface area (Å²) in [5.41, 5.74) is 5.43. The highest BCUT2D eigenvalue weighted by molar-refractivity contribution is 6.58. The second-order valence-electron chi connectivity index (χ2n) is 4.01. The monoisotopic (exact) mass is 238 g/mol. The first-order valence-corrected chi connectivity index (χ1v) is 6.61. The van der Waals surface area contributed by atoms with E-state index in [0.29, 0.717) is 9.52 Å². The van der Waals surface area contributed by atoms with Gasteiger partial charge in [0, 0.05) is 12.4 Å². The molecule has 2 aromatic heterocycles. The number of hydrogen-bond acceptors (Lipinski definition) is 2. The van der Waals surface area contributed by atoms with Crippen LogP contribution in [0.5, 0.6) is 0 Å². The Hall–Kier alpha value is -1.74. The van der Waals surface area contributed by atoms with E-state index in [9.17, 15) is 0 Å². The molecular formula is C14H14N2Si. The molecule has 2 heterocycles. The Morgan fingerprint density at radius 1 is 1.06 bits per heavy atom. The van der Waals surface area contributed by atoms with E-state index < -0.39 is 0 Å². The minimum Gasteiger partial charge on any atom is -0.255 e. The van der Waals surface area contributed by atoms with Crippen molar-refractivity contribution in [2.75, 3.05) is 0 Å². The van der Waals surface area contributed by atoms with E-state index >= 15 is 0 Å². The highest BCUT2D eigenvalue weighted by atomic mass is 28.2. The van der Waals surface area contributed by atoms with Crippen molar-refractivity contribution in [3.8, 4) is 11.4 Å². The van der Waals surface area contributed by atoms with Crippen molar-refractivity contribution >= 4 is 14.7 Å². The fourth-order valence-corrected chi connectivity index (χ4v) is 2.15. The van der Waals surface area contributed by atoms with E-state index in [0.717, 1.165) is 11.4 Å². The largest absolute Gasteiger partial charge is 0.255 e. The van der Waals surface area contributed by atoms with Crippen molar-refractivity contribution in [1.29, 1.82) is 0 Å². The topological polar surface area (TPSA) is 25.8 Å². The molecule has 0 aliphatic carbocycles. The van der Waals surface area contributed by atoms with E-state index in [1.54, 1.807) is 6.20 Å². The quantitative estimate of drug-likeness (QED) is 0.767. The van der Waals surface area contributed by atoms with Gasteiger partial charge in [0.15, 0.2) is 0 Å². The van der Waals surface area contributed by atoms with Crippen LogP contribution in [0.1, 0.15) is 13.8 Å². The van der Waals surface area contributed by atoms with Crippen LogP contribution >= 0.6 is 0 Å². The summed E-state index contributed by atoms with van der Waals surface area (Å²) in [6, 6.07) is 10.0. The Labute approximate surface area is 104 Å². The van der Waals surface area contributed by atoms with Crippen molar-refractivity contribution in [2.45, 2.75) is 13.8 Å². The Balaban J connectivity index is 2.16. The number of hydrogen-bond donors (Lipinski definition) is 0. The zero-order chi connectivity index (χ0) is 12.1. The van der Waals surface area contributed by atoms with E-state index in [-0.39, 0.29) is 0 Å². The van der Waals surface area contributed by atoms with Gasteiger partial charge in [0.2, 0.25) is 0 Å². The highest BCUT2D eigenvalue weighted by Crippen LogP contribution is 2.10. The second kappa shape index (κ2) is 5.55. The van der Waals surface area contributed by atoms with Crippen LogP contribution in [0.15, 0.2) is 54.0 Å². The molecule has 0 unspecified atom stereocenters. The summed E-state index contributed by atoms with van der Waals surface area (Å²) in [4.78, 5) is 8.72. The van der Waals surface area contributed by atoms with Crippen molar-refractivity contribution in [2.24, 2.45) is 0 Å². The first-order chi connectivity index (χ1) is 8.25. The smallest absolute Gasteiger partial charge is 0.113 e. The maximum atomic E-state index is 4.44. The summed E-state index contributed by atoms with van der Waals surface area (Å²) in [7, 11) is 0.694. The maximum absolute atomic E-state index is 4.44. The van der Waals surface area contributed by atoms with Crippen molar-refractivity contribution in [1.82, 2.24) is 9.97 Å². The molecule has 0 aromatic carbocycles. The molecule has 2 radical (unpaired) electrons. The molecule has 2 rings (SSSR count). The molecule has 0 aliphatic heterocycles. The van der Waals surface area contributed by atoms with Gasteiger partial charge >= 0.3 is 0 Å². The Morgan fingerprint density at radius 2 is 1.88 bits per heavy atom. The third kappa shape index (κ3) is 3.36. The lowest BCUT2D eigenvalue weighted by Gasteiger charge is -2.00. The average Bonchev–Trinajstić information content (AvgIpc) is 2.38. The van der Waals surface area contributed by atoms with Gasteiger partial charge in [-0.15, -0.1) is 0 Å². The summed E-state index contributed by atoms with van der Waals surface area (Å²) in [5, 5.41) is 1.26. The van der Waals surface area contributed by atoms with E-state index in [4.69, 9.17) is 0 Å². The molecule has 0 bridgehead atoms. The molecule has 3 heteroatoms. The molecule has 0 saturated heterocycles. The van der Waals surface area contributed by atoms with Crippen LogP contribution in [-0.2, 0) is 0 Å². The Kier molecular flexibility index (Phi) is 3.83. The summed E-state index contributed by atoms with van der Waals surface area (Å²) in [6.45, 7) is 4.23. The minimum atomic E-state index is 0.694. The maximum Gasteiger partial charge on any atom is 0.113 e. The van der Waals surface area contributed by atoms with Crippen molar-refractivity contribution in [3.63, 3.8) is 0 Å². The summed E-state index contributed by atoms with van der Waals surface area (Å²) in [6.07, 6.45) is 3.72. The van der Waals surface area contributed by atoms with Gasteiger partial charge < -0.3 is 0 Å². The first-order valence-electron chi connectivity index (χ1n) is 5.53. The molecule has 0 amide bonds. The van der Waals surface area contributed by atoms with Gasteiger partial charge in [-0.3, -0.25) is 9.97 Å². The lowest BCUT2D eigenvalue weighted by Crippen LogP contribution is -2.12. The third-order valence-corrected chi connectivity index (χ3v) is 3.57. The standard InChI is InChI=1S/C14H14N2Si/c1-11(2)10-17-12-6-7-14(16-9-12)13-5-3-4-8-15-13/h3-10H,1-2H3. The lowest BCUT2D eigenvalue weighted by molar-refractivity contribution is 1.25. The van der Waals surface area contributed by atoms with Gasteiger partial charge in [0.05, 0.1) is 11.4 Å². The molecule has 0 saturated carbocycles. The van der Waals surface area contributed by atoms with Crippen LogP contribution in [-0.4, -0.2) is 19.5 Å². The Morgan fingerprint density at radius 3 is 2.47 bits per heavy atom. The molecule has 2 nitrogen and oxygen atoms in total. The van der Waals surface area contributed by atoms with Crippen LogP contribution < -0.4 is 5.19 Å². The number of rotatable bonds is 3. The molecule has 0 N–H and O–H groups in total. The van der Waals surface area contributed by atoms with Gasteiger partial charge in [-0.25, -0.2) is 0 Å². The molecule has 0 spiro atoms. The van der Waals surface area contributed by atoms with Crippen LogP contribution in [0, 0.1) is 0 Å². The van der Waals surface area contributed by atoms with E-state index in [2.05, 4.69) is 35.6 Å². The van der Waals surface area contributed by atoms with Crippen molar-refractivity contribution in [3.05, 3.63) is 54.0 Å². The molecule has 0 atom stereocenters. The molecule has 0 fully saturated rings. The summed E-state index contributed by atoms with van der Waals surface area (Å²) >= 11 is 0. The fourth-order valence-electron chi connectivity index (χ4n) is 1.37. The first kappa shape index (κ1) is 11.7. The van der Waals surface area contributed by atoms with Crippen molar-refractivity contribution < 1.29 is 0 Å². The van der Waals surface area contributed by atoms with E-state index in [1.807, 2.05) is 30.5 Å². The normalized spacial score (nSPS) is 10.0. The van der Waals surface area contributed by atoms with E-state index in [1.165, 1.54) is 10.8 Å². The number of nitrogens with zero attached hydrogens (tertiary/aromatic N) is 2. The van der Waals surface area contributed by atoms with Crippen LogP contribution in [0.25, 0.3) is 11.4 Å². The SMILES string of the molecule is CC(C)=C[Si]c1ccc(-c2ccccn2)nc1. The summed E-state index contributed by atoms with van der Waals surface area (Å²) in [5.74, 6) is 0. The zero-order valence-corrected chi connectivity index (χ0v) is 11.0. The van der Waals surface area contributed by atoms with Gasteiger partial charge in [-0.2, -0.15) is 0 Å².